The van der Waals surface area contributed by atoms with E-state index < -0.39 is 0 Å². The molecule has 0 aliphatic heterocycles. The molecule has 1 aromatic heterocycles. The molecule has 0 bridgehead atoms. The maximum Gasteiger partial charge on any atom is 0.234 e. The standard InChI is InChI=1S/C21H20Cl2N4OS2/c1-3-10-27-19(12-29-16-7-4-14(2)5-8-16)25-26-21(27)30-13-20(28)24-15-6-9-17(22)18(23)11-15/h3-9,11H,1,10,12-13H2,2H3,(H,24,28). The zero-order valence-corrected chi connectivity index (χ0v) is 19.4. The third-order valence-corrected chi connectivity index (χ3v) is 6.74. The molecule has 3 aromatic rings. The molecule has 30 heavy (non-hydrogen) atoms. The summed E-state index contributed by atoms with van der Waals surface area (Å²) in [7, 11) is 0. The van der Waals surface area contributed by atoms with Crippen LogP contribution in [-0.2, 0) is 17.1 Å². The van der Waals surface area contributed by atoms with Gasteiger partial charge < -0.3 is 9.88 Å². The summed E-state index contributed by atoms with van der Waals surface area (Å²) in [5.74, 6) is 1.55. The van der Waals surface area contributed by atoms with Gasteiger partial charge in [-0.2, -0.15) is 0 Å². The van der Waals surface area contributed by atoms with E-state index in [1.807, 2.05) is 4.57 Å². The van der Waals surface area contributed by atoms with Crippen molar-refractivity contribution in [1.29, 1.82) is 0 Å². The van der Waals surface area contributed by atoms with Crippen molar-refractivity contribution in [3.05, 3.63) is 76.6 Å². The fraction of sp³-hybridized carbons (Fsp3) is 0.190. The molecule has 0 unspecified atom stereocenters. The Kier molecular flexibility index (Phi) is 8.27. The largest absolute Gasteiger partial charge is 0.325 e. The molecule has 1 amide bonds. The van der Waals surface area contributed by atoms with Gasteiger partial charge in [-0.1, -0.05) is 58.7 Å². The van der Waals surface area contributed by atoms with Gasteiger partial charge in [0, 0.05) is 17.1 Å². The number of carbonyl (C=O) groups is 1. The van der Waals surface area contributed by atoms with Gasteiger partial charge in [-0.3, -0.25) is 4.79 Å². The first-order chi connectivity index (χ1) is 14.5. The van der Waals surface area contributed by atoms with E-state index in [9.17, 15) is 4.79 Å². The zero-order valence-electron chi connectivity index (χ0n) is 16.3. The van der Waals surface area contributed by atoms with Crippen LogP contribution in [0.15, 0.2) is 65.2 Å². The number of carbonyl (C=O) groups excluding carboxylic acids is 1. The van der Waals surface area contributed by atoms with Gasteiger partial charge in [-0.25, -0.2) is 0 Å². The second-order valence-corrected chi connectivity index (χ2v) is 9.17. The highest BCUT2D eigenvalue weighted by Crippen LogP contribution is 2.27. The summed E-state index contributed by atoms with van der Waals surface area (Å²) in [4.78, 5) is 13.5. The van der Waals surface area contributed by atoms with Crippen LogP contribution in [-0.4, -0.2) is 26.4 Å². The van der Waals surface area contributed by atoms with Crippen LogP contribution >= 0.6 is 46.7 Å². The molecule has 5 nitrogen and oxygen atoms in total. The van der Waals surface area contributed by atoms with Gasteiger partial charge in [-0.15, -0.1) is 28.5 Å². The minimum absolute atomic E-state index is 0.165. The average molecular weight is 479 g/mol. The van der Waals surface area contributed by atoms with E-state index in [-0.39, 0.29) is 11.7 Å². The fourth-order valence-corrected chi connectivity index (χ4v) is 4.43. The minimum Gasteiger partial charge on any atom is -0.325 e. The molecule has 156 valence electrons. The Morgan fingerprint density at radius 3 is 2.60 bits per heavy atom. The lowest BCUT2D eigenvalue weighted by Crippen LogP contribution is -2.14. The van der Waals surface area contributed by atoms with E-state index in [4.69, 9.17) is 23.2 Å². The van der Waals surface area contributed by atoms with Crippen LogP contribution in [0.5, 0.6) is 0 Å². The van der Waals surface area contributed by atoms with E-state index in [0.717, 1.165) is 5.82 Å². The number of benzene rings is 2. The predicted octanol–water partition coefficient (Wildman–Crippen LogP) is 6.10. The third kappa shape index (κ3) is 6.28. The van der Waals surface area contributed by atoms with Gasteiger partial charge in [0.2, 0.25) is 5.91 Å². The van der Waals surface area contributed by atoms with Crippen LogP contribution in [0, 0.1) is 6.92 Å². The number of hydrogen-bond acceptors (Lipinski definition) is 5. The number of allylic oxidation sites excluding steroid dienone is 1. The van der Waals surface area contributed by atoms with Crippen LogP contribution in [0.1, 0.15) is 11.4 Å². The summed E-state index contributed by atoms with van der Waals surface area (Å²) in [5, 5.41) is 12.9. The van der Waals surface area contributed by atoms with Gasteiger partial charge in [0.1, 0.15) is 5.82 Å². The van der Waals surface area contributed by atoms with Crippen LogP contribution in [0.2, 0.25) is 10.0 Å². The summed E-state index contributed by atoms with van der Waals surface area (Å²) in [6.45, 7) is 6.46. The number of halogens is 2. The number of thioether (sulfide) groups is 2. The molecular formula is C21H20Cl2N4OS2. The zero-order chi connectivity index (χ0) is 21.5. The smallest absolute Gasteiger partial charge is 0.234 e. The molecule has 0 fully saturated rings. The lowest BCUT2D eigenvalue weighted by molar-refractivity contribution is -0.113. The third-order valence-electron chi connectivity index (χ3n) is 4.03. The van der Waals surface area contributed by atoms with Crippen molar-refractivity contribution in [1.82, 2.24) is 14.8 Å². The SMILES string of the molecule is C=CCn1c(CSc2ccc(C)cc2)nnc1SCC(=O)Nc1ccc(Cl)c(Cl)c1. The molecule has 0 saturated heterocycles. The Morgan fingerprint density at radius 2 is 1.90 bits per heavy atom. The minimum atomic E-state index is -0.165. The second-order valence-electron chi connectivity index (χ2n) is 6.37. The number of amides is 1. The molecule has 0 radical (unpaired) electrons. The van der Waals surface area contributed by atoms with Gasteiger partial charge >= 0.3 is 0 Å². The Labute approximate surface area is 194 Å². The number of nitrogens with one attached hydrogen (secondary N) is 1. The first-order valence-corrected chi connectivity index (χ1v) is 11.8. The highest BCUT2D eigenvalue weighted by Gasteiger charge is 2.14. The van der Waals surface area contributed by atoms with Crippen molar-refractivity contribution in [2.24, 2.45) is 0 Å². The van der Waals surface area contributed by atoms with Gasteiger partial charge in [0.15, 0.2) is 5.16 Å². The second kappa shape index (κ2) is 10.9. The molecule has 9 heteroatoms. The van der Waals surface area contributed by atoms with Gasteiger partial charge in [0.05, 0.1) is 21.6 Å². The molecule has 0 spiro atoms. The predicted molar refractivity (Wildman–Crippen MR) is 127 cm³/mol. The molecule has 3 rings (SSSR count). The van der Waals surface area contributed by atoms with Gasteiger partial charge in [-0.05, 0) is 37.3 Å². The average Bonchev–Trinajstić information content (AvgIpc) is 3.11. The molecule has 0 aliphatic rings. The van der Waals surface area contributed by atoms with Crippen molar-refractivity contribution in [2.45, 2.75) is 29.3 Å². The Morgan fingerprint density at radius 1 is 1.13 bits per heavy atom. The fourth-order valence-electron chi connectivity index (χ4n) is 2.53. The number of nitrogens with zero attached hydrogens (tertiary/aromatic N) is 3. The van der Waals surface area contributed by atoms with E-state index >= 15 is 0 Å². The van der Waals surface area contributed by atoms with Crippen molar-refractivity contribution in [2.75, 3.05) is 11.1 Å². The first kappa shape index (κ1) is 22.7. The molecular weight excluding hydrogens is 459 g/mol. The highest BCUT2D eigenvalue weighted by atomic mass is 35.5. The quantitative estimate of drug-likeness (QED) is 0.297. The highest BCUT2D eigenvalue weighted by molar-refractivity contribution is 7.99. The Balaban J connectivity index is 1.60. The topological polar surface area (TPSA) is 59.8 Å². The van der Waals surface area contributed by atoms with Gasteiger partial charge in [0.25, 0.3) is 0 Å². The summed E-state index contributed by atoms with van der Waals surface area (Å²) >= 11 is 14.9. The maximum absolute atomic E-state index is 12.3. The maximum atomic E-state index is 12.3. The molecule has 0 aliphatic carbocycles. The number of aryl methyl sites for hydroxylation is 1. The normalized spacial score (nSPS) is 10.8. The van der Waals surface area contributed by atoms with Crippen molar-refractivity contribution in [3.63, 3.8) is 0 Å². The summed E-state index contributed by atoms with van der Waals surface area (Å²) < 4.78 is 1.98. The van der Waals surface area contributed by atoms with Crippen LogP contribution in [0.4, 0.5) is 5.69 Å². The molecule has 2 aromatic carbocycles. The van der Waals surface area contributed by atoms with Crippen LogP contribution < -0.4 is 5.32 Å². The molecule has 1 heterocycles. The summed E-state index contributed by atoms with van der Waals surface area (Å²) in [6.07, 6.45) is 1.79. The van der Waals surface area contributed by atoms with Crippen LogP contribution in [0.3, 0.4) is 0 Å². The lowest BCUT2D eigenvalue weighted by Gasteiger charge is -2.09. The number of anilines is 1. The van der Waals surface area contributed by atoms with Crippen molar-refractivity contribution in [3.8, 4) is 0 Å². The first-order valence-electron chi connectivity index (χ1n) is 9.06. The van der Waals surface area contributed by atoms with E-state index in [0.29, 0.717) is 33.2 Å². The Hall–Kier alpha value is -1.93. The van der Waals surface area contributed by atoms with E-state index in [2.05, 4.69) is 53.3 Å². The van der Waals surface area contributed by atoms with Crippen molar-refractivity contribution >= 4 is 58.3 Å². The molecule has 0 saturated carbocycles. The monoisotopic (exact) mass is 478 g/mol. The number of rotatable bonds is 9. The Bertz CT molecular complexity index is 1040. The van der Waals surface area contributed by atoms with Crippen LogP contribution in [0.25, 0.3) is 0 Å². The summed E-state index contributed by atoms with van der Waals surface area (Å²) in [5.41, 5.74) is 1.82. The lowest BCUT2D eigenvalue weighted by atomic mass is 10.2. The summed E-state index contributed by atoms with van der Waals surface area (Å²) in [6, 6.07) is 13.3. The molecule has 1 N–H and O–H groups in total. The number of hydrogen-bond donors (Lipinski definition) is 1. The van der Waals surface area contributed by atoms with Crippen molar-refractivity contribution < 1.29 is 4.79 Å². The number of aromatic nitrogens is 3. The molecule has 0 atom stereocenters. The van der Waals surface area contributed by atoms with E-state index in [1.165, 1.54) is 22.2 Å². The van der Waals surface area contributed by atoms with E-state index in [1.54, 1.807) is 36.0 Å².